The van der Waals surface area contributed by atoms with Crippen LogP contribution < -0.4 is 4.74 Å². The summed E-state index contributed by atoms with van der Waals surface area (Å²) in [6.07, 6.45) is -3.92. The van der Waals surface area contributed by atoms with Gasteiger partial charge in [0.2, 0.25) is 5.88 Å². The maximum absolute atomic E-state index is 10.6. The molecule has 3 fully saturated rings. The fourth-order valence-electron chi connectivity index (χ4n) is 3.89. The van der Waals surface area contributed by atoms with E-state index in [2.05, 4.69) is 9.88 Å². The summed E-state index contributed by atoms with van der Waals surface area (Å²) in [4.78, 5) is 24.6. The first kappa shape index (κ1) is 29.6. The zero-order valence-electron chi connectivity index (χ0n) is 18.9. The highest BCUT2D eigenvalue weighted by Gasteiger charge is 2.50. The number of aromatic nitrogens is 1. The summed E-state index contributed by atoms with van der Waals surface area (Å²) >= 11 is 0. The number of likely N-dealkylation sites (tertiary alicyclic amines) is 1. The number of carboxylic acid groups (broad SMARTS) is 2. The van der Waals surface area contributed by atoms with Crippen LogP contribution in [0, 0.1) is 0 Å². The lowest BCUT2D eigenvalue weighted by molar-refractivity contribution is -0.200. The Balaban J connectivity index is 0.000000271. The minimum atomic E-state index is -5.08. The summed E-state index contributed by atoms with van der Waals surface area (Å²) in [7, 11) is 0. The molecule has 9 nitrogen and oxygen atoms in total. The van der Waals surface area contributed by atoms with Gasteiger partial charge in [0.15, 0.2) is 0 Å². The van der Waals surface area contributed by atoms with Gasteiger partial charge in [-0.05, 0) is 18.9 Å². The molecule has 0 aliphatic carbocycles. The highest BCUT2D eigenvalue weighted by molar-refractivity contribution is 5.73. The number of pyridine rings is 1. The Bertz CT molecular complexity index is 817. The summed E-state index contributed by atoms with van der Waals surface area (Å²) in [6, 6.07) is 6.49. The number of hydrogen-bond donors (Lipinski definition) is 2. The van der Waals surface area contributed by atoms with E-state index < -0.39 is 24.3 Å². The van der Waals surface area contributed by atoms with Gasteiger partial charge >= 0.3 is 24.3 Å². The molecule has 3 aliphatic rings. The van der Waals surface area contributed by atoms with Gasteiger partial charge in [-0.15, -0.1) is 0 Å². The minimum Gasteiger partial charge on any atom is -0.475 e. The number of ether oxygens (including phenoxy) is 3. The third-order valence-electron chi connectivity index (χ3n) is 5.55. The molecule has 1 unspecified atom stereocenters. The summed E-state index contributed by atoms with van der Waals surface area (Å²) in [6.45, 7) is 4.68. The Labute approximate surface area is 201 Å². The van der Waals surface area contributed by atoms with Gasteiger partial charge in [0.1, 0.15) is 6.10 Å². The molecule has 1 atom stereocenters. The second-order valence-corrected chi connectivity index (χ2v) is 8.29. The van der Waals surface area contributed by atoms with E-state index in [4.69, 9.17) is 34.0 Å². The molecule has 0 radical (unpaired) electrons. The first-order chi connectivity index (χ1) is 16.7. The molecule has 1 aromatic rings. The first-order valence-electron chi connectivity index (χ1n) is 10.9. The van der Waals surface area contributed by atoms with Gasteiger partial charge in [-0.3, -0.25) is 4.90 Å². The van der Waals surface area contributed by atoms with Gasteiger partial charge in [-0.1, -0.05) is 6.07 Å². The smallest absolute Gasteiger partial charge is 0.475 e. The maximum atomic E-state index is 10.6. The zero-order valence-corrected chi connectivity index (χ0v) is 18.9. The molecule has 204 valence electrons. The van der Waals surface area contributed by atoms with Gasteiger partial charge < -0.3 is 24.4 Å². The molecule has 1 aromatic heterocycles. The summed E-state index contributed by atoms with van der Waals surface area (Å²) in [5, 5.41) is 14.2. The molecule has 2 N–H and O–H groups in total. The van der Waals surface area contributed by atoms with Crippen LogP contribution in [0.3, 0.4) is 0 Å². The monoisotopic (exact) mass is 532 g/mol. The highest BCUT2D eigenvalue weighted by Crippen LogP contribution is 2.38. The number of rotatable bonds is 3. The number of nitrogens with zero attached hydrogens (tertiary/aromatic N) is 2. The highest BCUT2D eigenvalue weighted by atomic mass is 19.4. The molecule has 1 spiro atoms. The van der Waals surface area contributed by atoms with Crippen LogP contribution in [-0.4, -0.2) is 95.0 Å². The largest absolute Gasteiger partial charge is 0.490 e. The minimum absolute atomic E-state index is 0.00992. The van der Waals surface area contributed by atoms with Crippen LogP contribution in [0.4, 0.5) is 26.3 Å². The molecule has 0 saturated carbocycles. The SMILES string of the molecule is O=C(O)C(F)(F)F.O=C(O)C(F)(F)F.c1ccc(OC2CCOC3(C2)CN(C2CCOCC2)C3)nc1. The normalized spacial score (nSPS) is 22.2. The van der Waals surface area contributed by atoms with Crippen LogP contribution in [-0.2, 0) is 19.1 Å². The Morgan fingerprint density at radius 1 is 0.972 bits per heavy atom. The average Bonchev–Trinajstić information content (AvgIpc) is 2.78. The van der Waals surface area contributed by atoms with Crippen molar-refractivity contribution in [3.05, 3.63) is 24.4 Å². The predicted molar refractivity (Wildman–Crippen MR) is 109 cm³/mol. The topological polar surface area (TPSA) is 118 Å². The standard InChI is InChI=1S/C17H24N2O3.2C2HF3O2/c1-2-7-18-16(3-1)22-15-6-10-21-17(11-15)12-19(13-17)14-4-8-20-9-5-14;2*3-2(4,5)1(6)7/h1-3,7,14-15H,4-6,8-13H2;2*(H,6,7). The molecular formula is C21H26F6N2O7. The average molecular weight is 532 g/mol. The van der Waals surface area contributed by atoms with Crippen molar-refractivity contribution in [3.8, 4) is 5.88 Å². The molecule has 3 saturated heterocycles. The van der Waals surface area contributed by atoms with E-state index in [-0.39, 0.29) is 11.7 Å². The van der Waals surface area contributed by atoms with E-state index >= 15 is 0 Å². The number of carbonyl (C=O) groups is 2. The van der Waals surface area contributed by atoms with E-state index in [1.165, 1.54) is 0 Å². The maximum Gasteiger partial charge on any atom is 0.490 e. The fourth-order valence-corrected chi connectivity index (χ4v) is 3.89. The second-order valence-electron chi connectivity index (χ2n) is 8.29. The molecule has 0 bridgehead atoms. The van der Waals surface area contributed by atoms with Crippen molar-refractivity contribution in [2.75, 3.05) is 32.9 Å². The van der Waals surface area contributed by atoms with Crippen LogP contribution in [0.5, 0.6) is 5.88 Å². The summed E-state index contributed by atoms with van der Waals surface area (Å²) in [5.74, 6) is -4.79. The molecule has 0 amide bonds. The van der Waals surface area contributed by atoms with E-state index in [1.807, 2.05) is 18.2 Å². The number of carboxylic acids is 2. The van der Waals surface area contributed by atoms with Crippen LogP contribution in [0.2, 0.25) is 0 Å². The lowest BCUT2D eigenvalue weighted by Gasteiger charge is -2.56. The lowest BCUT2D eigenvalue weighted by atomic mass is 9.82. The number of halogens is 6. The molecule has 0 aromatic carbocycles. The van der Waals surface area contributed by atoms with E-state index in [1.54, 1.807) is 6.20 Å². The molecular weight excluding hydrogens is 506 g/mol. The third-order valence-corrected chi connectivity index (χ3v) is 5.55. The van der Waals surface area contributed by atoms with Gasteiger partial charge in [0.25, 0.3) is 0 Å². The number of aliphatic carboxylic acids is 2. The van der Waals surface area contributed by atoms with Crippen molar-refractivity contribution in [2.24, 2.45) is 0 Å². The van der Waals surface area contributed by atoms with Crippen LogP contribution in [0.15, 0.2) is 24.4 Å². The first-order valence-corrected chi connectivity index (χ1v) is 10.9. The van der Waals surface area contributed by atoms with Crippen molar-refractivity contribution in [2.45, 2.75) is 55.8 Å². The van der Waals surface area contributed by atoms with Crippen LogP contribution >= 0.6 is 0 Å². The summed E-state index contributed by atoms with van der Waals surface area (Å²) in [5.41, 5.74) is 0.00992. The van der Waals surface area contributed by atoms with Gasteiger partial charge in [0.05, 0.1) is 12.2 Å². The molecule has 36 heavy (non-hydrogen) atoms. The van der Waals surface area contributed by atoms with Crippen molar-refractivity contribution in [3.63, 3.8) is 0 Å². The van der Waals surface area contributed by atoms with Crippen LogP contribution in [0.25, 0.3) is 0 Å². The molecule has 15 heteroatoms. The van der Waals surface area contributed by atoms with Crippen molar-refractivity contribution >= 4 is 11.9 Å². The Morgan fingerprint density at radius 3 is 2.00 bits per heavy atom. The Hall–Kier alpha value is -2.65. The zero-order chi connectivity index (χ0) is 27.0. The van der Waals surface area contributed by atoms with Crippen molar-refractivity contribution in [1.82, 2.24) is 9.88 Å². The van der Waals surface area contributed by atoms with Gasteiger partial charge in [0, 0.05) is 57.4 Å². The van der Waals surface area contributed by atoms with E-state index in [0.717, 1.165) is 64.5 Å². The second kappa shape index (κ2) is 12.5. The quantitative estimate of drug-likeness (QED) is 0.566. The van der Waals surface area contributed by atoms with Gasteiger partial charge in [-0.2, -0.15) is 26.3 Å². The fraction of sp³-hybridized carbons (Fsp3) is 0.667. The number of alkyl halides is 6. The van der Waals surface area contributed by atoms with Crippen molar-refractivity contribution < 1.29 is 60.4 Å². The lowest BCUT2D eigenvalue weighted by Crippen LogP contribution is -2.68. The third kappa shape index (κ3) is 9.43. The summed E-state index contributed by atoms with van der Waals surface area (Å²) < 4.78 is 81.1. The van der Waals surface area contributed by atoms with E-state index in [9.17, 15) is 26.3 Å². The van der Waals surface area contributed by atoms with Crippen LogP contribution in [0.1, 0.15) is 25.7 Å². The molecule has 4 rings (SSSR count). The Morgan fingerprint density at radius 2 is 1.53 bits per heavy atom. The molecule has 3 aliphatic heterocycles. The molecule has 4 heterocycles. The van der Waals surface area contributed by atoms with Gasteiger partial charge in [-0.25, -0.2) is 14.6 Å². The van der Waals surface area contributed by atoms with Crippen molar-refractivity contribution in [1.29, 1.82) is 0 Å². The predicted octanol–water partition coefficient (Wildman–Crippen LogP) is 3.14. The van der Waals surface area contributed by atoms with E-state index in [0.29, 0.717) is 6.04 Å². The number of hydrogen-bond acceptors (Lipinski definition) is 7. The Kier molecular flexibility index (Phi) is 10.3.